The van der Waals surface area contributed by atoms with E-state index in [1.54, 1.807) is 12.1 Å². The summed E-state index contributed by atoms with van der Waals surface area (Å²) in [6.45, 7) is 6.67. The average molecular weight is 270 g/mol. The van der Waals surface area contributed by atoms with Gasteiger partial charge in [0.05, 0.1) is 0 Å². The van der Waals surface area contributed by atoms with Gasteiger partial charge in [0.25, 0.3) is 0 Å². The largest absolute Gasteiger partial charge is 0.310 e. The van der Waals surface area contributed by atoms with Gasteiger partial charge in [0.2, 0.25) is 0 Å². The van der Waals surface area contributed by atoms with Crippen LogP contribution in [0.5, 0.6) is 0 Å². The van der Waals surface area contributed by atoms with Crippen LogP contribution in [-0.4, -0.2) is 6.54 Å². The summed E-state index contributed by atoms with van der Waals surface area (Å²) in [6.07, 6.45) is 5.70. The van der Waals surface area contributed by atoms with Crippen LogP contribution in [0, 0.1) is 5.82 Å². The molecule has 0 amide bonds. The van der Waals surface area contributed by atoms with Gasteiger partial charge in [-0.2, -0.15) is 0 Å². The molecule has 1 unspecified atom stereocenters. The number of benzene rings is 1. The van der Waals surface area contributed by atoms with Gasteiger partial charge in [0.15, 0.2) is 0 Å². The molecular weight excluding hydrogens is 249 g/mol. The molecule has 1 aromatic rings. The van der Waals surface area contributed by atoms with Crippen molar-refractivity contribution < 1.29 is 4.39 Å². The molecule has 3 heteroatoms. The first-order valence-corrected chi connectivity index (χ1v) is 6.86. The van der Waals surface area contributed by atoms with Gasteiger partial charge < -0.3 is 5.32 Å². The Bertz CT molecular complexity index is 359. The fourth-order valence-corrected chi connectivity index (χ4v) is 2.27. The van der Waals surface area contributed by atoms with E-state index in [0.717, 1.165) is 32.2 Å². The second-order valence-corrected chi connectivity index (χ2v) is 4.77. The summed E-state index contributed by atoms with van der Waals surface area (Å²) in [5.74, 6) is -0.227. The second-order valence-electron chi connectivity index (χ2n) is 4.36. The molecule has 1 atom stereocenters. The summed E-state index contributed by atoms with van der Waals surface area (Å²) in [5.41, 5.74) is 0.594. The number of rotatable bonds is 8. The topological polar surface area (TPSA) is 12.0 Å². The fraction of sp³-hybridized carbons (Fsp3) is 0.467. The molecule has 0 bridgehead atoms. The van der Waals surface area contributed by atoms with Crippen LogP contribution >= 0.6 is 11.6 Å². The van der Waals surface area contributed by atoms with Crippen molar-refractivity contribution in [2.45, 2.75) is 38.6 Å². The van der Waals surface area contributed by atoms with Gasteiger partial charge >= 0.3 is 0 Å². The highest BCUT2D eigenvalue weighted by Crippen LogP contribution is 2.29. The Balaban J connectivity index is 2.82. The molecule has 0 spiro atoms. The van der Waals surface area contributed by atoms with Crippen molar-refractivity contribution in [2.24, 2.45) is 0 Å². The maximum Gasteiger partial charge on any atom is 0.129 e. The first kappa shape index (κ1) is 15.2. The molecule has 0 aliphatic carbocycles. The molecule has 0 aromatic heterocycles. The molecule has 0 fully saturated rings. The van der Waals surface area contributed by atoms with Crippen molar-refractivity contribution in [3.8, 4) is 0 Å². The van der Waals surface area contributed by atoms with Crippen molar-refractivity contribution in [2.75, 3.05) is 6.54 Å². The fourth-order valence-electron chi connectivity index (χ4n) is 1.98. The summed E-state index contributed by atoms with van der Waals surface area (Å²) in [4.78, 5) is 0. The van der Waals surface area contributed by atoms with Crippen LogP contribution in [-0.2, 0) is 0 Å². The summed E-state index contributed by atoms with van der Waals surface area (Å²) in [7, 11) is 0. The smallest absolute Gasteiger partial charge is 0.129 e. The molecular formula is C15H21ClFN. The molecule has 0 aliphatic heterocycles. The summed E-state index contributed by atoms with van der Waals surface area (Å²) >= 11 is 6.12. The van der Waals surface area contributed by atoms with Crippen LogP contribution in [0.4, 0.5) is 4.39 Å². The summed E-state index contributed by atoms with van der Waals surface area (Å²) < 4.78 is 13.9. The van der Waals surface area contributed by atoms with Gasteiger partial charge in [0.1, 0.15) is 5.82 Å². The molecule has 0 saturated carbocycles. The number of hydrogen-bond donors (Lipinski definition) is 1. The molecule has 0 radical (unpaired) electrons. The zero-order valence-electron chi connectivity index (χ0n) is 10.9. The zero-order chi connectivity index (χ0) is 13.4. The van der Waals surface area contributed by atoms with Gasteiger partial charge in [-0.3, -0.25) is 0 Å². The molecule has 1 N–H and O–H groups in total. The standard InChI is InChI=1S/C15H21ClFN/c1-3-5-6-10-14(18-11-4-2)15-12(16)8-7-9-13(15)17/h3,7-9,14,18H,1,4-6,10-11H2,2H3. The first-order chi connectivity index (χ1) is 8.70. The average Bonchev–Trinajstić information content (AvgIpc) is 2.35. The molecule has 1 rings (SSSR count). The van der Waals surface area contributed by atoms with Gasteiger partial charge in [-0.25, -0.2) is 4.39 Å². The molecule has 18 heavy (non-hydrogen) atoms. The van der Waals surface area contributed by atoms with Crippen molar-refractivity contribution in [3.05, 3.63) is 47.3 Å². The second kappa shape index (κ2) is 8.28. The van der Waals surface area contributed by atoms with Crippen LogP contribution in [0.1, 0.15) is 44.2 Å². The van der Waals surface area contributed by atoms with Crippen LogP contribution in [0.25, 0.3) is 0 Å². The third kappa shape index (κ3) is 4.43. The minimum atomic E-state index is -0.227. The number of allylic oxidation sites excluding steroid dienone is 1. The zero-order valence-corrected chi connectivity index (χ0v) is 11.6. The Kier molecular flexibility index (Phi) is 6.99. The Morgan fingerprint density at radius 3 is 2.89 bits per heavy atom. The number of halogens is 2. The van der Waals surface area contributed by atoms with Gasteiger partial charge in [-0.05, 0) is 44.4 Å². The highest BCUT2D eigenvalue weighted by atomic mass is 35.5. The van der Waals surface area contributed by atoms with Crippen LogP contribution in [0.15, 0.2) is 30.9 Å². The van der Waals surface area contributed by atoms with Crippen molar-refractivity contribution in [1.82, 2.24) is 5.32 Å². The maximum absolute atomic E-state index is 13.9. The monoisotopic (exact) mass is 269 g/mol. The predicted octanol–water partition coefficient (Wildman–Crippen LogP) is 4.88. The van der Waals surface area contributed by atoms with Crippen molar-refractivity contribution in [3.63, 3.8) is 0 Å². The van der Waals surface area contributed by atoms with E-state index in [9.17, 15) is 4.39 Å². The van der Waals surface area contributed by atoms with Crippen LogP contribution in [0.3, 0.4) is 0 Å². The summed E-state index contributed by atoms with van der Waals surface area (Å²) in [6, 6.07) is 4.84. The Morgan fingerprint density at radius 2 is 2.28 bits per heavy atom. The molecule has 1 nitrogen and oxygen atoms in total. The number of nitrogens with one attached hydrogen (secondary N) is 1. The lowest BCUT2D eigenvalue weighted by molar-refractivity contribution is 0.463. The first-order valence-electron chi connectivity index (χ1n) is 6.48. The van der Waals surface area contributed by atoms with Gasteiger partial charge in [-0.15, -0.1) is 6.58 Å². The van der Waals surface area contributed by atoms with Crippen LogP contribution in [0.2, 0.25) is 5.02 Å². The quantitative estimate of drug-likeness (QED) is 0.524. The van der Waals surface area contributed by atoms with E-state index in [-0.39, 0.29) is 11.9 Å². The predicted molar refractivity (Wildman–Crippen MR) is 76.5 cm³/mol. The Hall–Kier alpha value is -0.860. The van der Waals surface area contributed by atoms with E-state index < -0.39 is 0 Å². The number of hydrogen-bond acceptors (Lipinski definition) is 1. The maximum atomic E-state index is 13.9. The third-order valence-corrected chi connectivity index (χ3v) is 3.22. The Labute approximate surface area is 114 Å². The lowest BCUT2D eigenvalue weighted by atomic mass is 10.00. The van der Waals surface area contributed by atoms with Gasteiger partial charge in [-0.1, -0.05) is 30.7 Å². The lowest BCUT2D eigenvalue weighted by Crippen LogP contribution is -2.23. The van der Waals surface area contributed by atoms with Gasteiger partial charge in [0, 0.05) is 16.6 Å². The number of unbranched alkanes of at least 4 members (excludes halogenated alkanes) is 1. The SMILES string of the molecule is C=CCCCC(NCCC)c1c(F)cccc1Cl. The van der Waals surface area contributed by atoms with E-state index in [2.05, 4.69) is 18.8 Å². The third-order valence-electron chi connectivity index (χ3n) is 2.89. The molecule has 100 valence electrons. The normalized spacial score (nSPS) is 12.4. The van der Waals surface area contributed by atoms with Crippen LogP contribution < -0.4 is 5.32 Å². The van der Waals surface area contributed by atoms with E-state index in [4.69, 9.17) is 11.6 Å². The summed E-state index contributed by atoms with van der Waals surface area (Å²) in [5, 5.41) is 3.87. The minimum Gasteiger partial charge on any atom is -0.310 e. The van der Waals surface area contributed by atoms with E-state index in [1.807, 2.05) is 6.08 Å². The lowest BCUT2D eigenvalue weighted by Gasteiger charge is -2.20. The molecule has 1 aromatic carbocycles. The van der Waals surface area contributed by atoms with E-state index in [1.165, 1.54) is 6.07 Å². The van der Waals surface area contributed by atoms with E-state index in [0.29, 0.717) is 10.6 Å². The molecule has 0 aliphatic rings. The molecule has 0 heterocycles. The highest BCUT2D eigenvalue weighted by molar-refractivity contribution is 6.31. The van der Waals surface area contributed by atoms with E-state index >= 15 is 0 Å². The minimum absolute atomic E-state index is 0.0152. The van der Waals surface area contributed by atoms with Crippen molar-refractivity contribution in [1.29, 1.82) is 0 Å². The Morgan fingerprint density at radius 1 is 1.50 bits per heavy atom. The highest BCUT2D eigenvalue weighted by Gasteiger charge is 2.17. The van der Waals surface area contributed by atoms with Crippen molar-refractivity contribution >= 4 is 11.6 Å². The molecule has 0 saturated heterocycles.